The van der Waals surface area contributed by atoms with E-state index in [1.165, 1.54) is 107 Å². The van der Waals surface area contributed by atoms with Gasteiger partial charge >= 0.3 is 0 Å². The summed E-state index contributed by atoms with van der Waals surface area (Å²) >= 11 is 0. The zero-order chi connectivity index (χ0) is 48.2. The number of nitrogens with zero attached hydrogens (tertiary/aromatic N) is 1. The van der Waals surface area contributed by atoms with Gasteiger partial charge in [0.15, 0.2) is 5.88 Å². The first kappa shape index (κ1) is 44.2. The van der Waals surface area contributed by atoms with Crippen molar-refractivity contribution in [2.45, 2.75) is 142 Å². The summed E-state index contributed by atoms with van der Waals surface area (Å²) in [6, 6.07) is 51.9. The number of furan rings is 1. The molecule has 3 heteroatoms. The van der Waals surface area contributed by atoms with Gasteiger partial charge in [0.2, 0.25) is 7.28 Å². The van der Waals surface area contributed by atoms with E-state index in [9.17, 15) is 0 Å². The number of benzene rings is 7. The molecule has 0 radical (unpaired) electrons. The lowest BCUT2D eigenvalue weighted by atomic mass is 9.53. The predicted molar refractivity (Wildman–Crippen MR) is 295 cm³/mol. The zero-order valence-corrected chi connectivity index (χ0v) is 43.2. The Morgan fingerprint density at radius 1 is 0.551 bits per heavy atom. The summed E-state index contributed by atoms with van der Waals surface area (Å²) in [5.41, 5.74) is 26.3. The normalized spacial score (nSPS) is 20.3. The molecule has 1 aromatic heterocycles. The number of rotatable bonds is 3. The molecule has 0 spiro atoms. The van der Waals surface area contributed by atoms with E-state index in [-0.39, 0.29) is 33.0 Å². The summed E-state index contributed by atoms with van der Waals surface area (Å²) in [6.45, 7) is 29.4. The fraction of sp³-hybridized carbons (Fsp3) is 0.333. The van der Waals surface area contributed by atoms with Gasteiger partial charge in [-0.1, -0.05) is 173 Å². The van der Waals surface area contributed by atoms with Gasteiger partial charge in [-0.05, 0) is 179 Å². The van der Waals surface area contributed by atoms with E-state index >= 15 is 0 Å². The van der Waals surface area contributed by atoms with E-state index in [4.69, 9.17) is 4.42 Å². The van der Waals surface area contributed by atoms with Crippen molar-refractivity contribution in [3.05, 3.63) is 184 Å². The summed E-state index contributed by atoms with van der Waals surface area (Å²) in [4.78, 5) is 2.51. The van der Waals surface area contributed by atoms with E-state index < -0.39 is 0 Å². The van der Waals surface area contributed by atoms with Crippen molar-refractivity contribution in [1.29, 1.82) is 0 Å². The van der Waals surface area contributed by atoms with Gasteiger partial charge in [-0.15, -0.1) is 0 Å². The van der Waals surface area contributed by atoms with E-state index in [2.05, 4.69) is 221 Å². The maximum Gasteiger partial charge on any atom is 0.203 e. The van der Waals surface area contributed by atoms with Crippen LogP contribution in [0.25, 0.3) is 44.3 Å². The fourth-order valence-corrected chi connectivity index (χ4v) is 13.3. The number of hydrogen-bond donors (Lipinski definition) is 0. The lowest BCUT2D eigenvalue weighted by molar-refractivity contribution is 0.311. The maximum absolute atomic E-state index is 7.51. The molecule has 8 aromatic rings. The molecule has 0 N–H and O–H groups in total. The molecule has 12 rings (SSSR count). The van der Waals surface area contributed by atoms with Gasteiger partial charge in [-0.3, -0.25) is 4.90 Å². The molecule has 0 saturated carbocycles. The zero-order valence-electron chi connectivity index (χ0n) is 43.2. The summed E-state index contributed by atoms with van der Waals surface area (Å²) in [5.74, 6) is 1.06. The molecule has 3 heterocycles. The Hall–Kier alpha value is -6.06. The fourth-order valence-electron chi connectivity index (χ4n) is 13.3. The van der Waals surface area contributed by atoms with Crippen molar-refractivity contribution in [3.63, 3.8) is 0 Å². The van der Waals surface area contributed by atoms with Gasteiger partial charge in [0.05, 0.1) is 5.69 Å². The maximum atomic E-state index is 7.51. The second-order valence-corrected chi connectivity index (χ2v) is 24.8. The van der Waals surface area contributed by atoms with Gasteiger partial charge in [0.25, 0.3) is 0 Å². The van der Waals surface area contributed by atoms with Crippen LogP contribution in [0.1, 0.15) is 158 Å². The number of fused-ring (bicyclic) bond motifs is 7. The third kappa shape index (κ3) is 6.72. The smallest absolute Gasteiger partial charge is 0.203 e. The first-order valence-corrected chi connectivity index (χ1v) is 25.9. The largest absolute Gasteiger partial charge is 0.440 e. The Morgan fingerprint density at radius 3 is 1.94 bits per heavy atom. The molecule has 0 saturated heterocycles. The highest BCUT2D eigenvalue weighted by Crippen LogP contribution is 2.58. The van der Waals surface area contributed by atoms with Gasteiger partial charge in [0, 0.05) is 28.0 Å². The van der Waals surface area contributed by atoms with E-state index in [1.807, 2.05) is 0 Å². The molecule has 4 aliphatic rings. The Morgan fingerprint density at radius 2 is 1.22 bits per heavy atom. The molecule has 346 valence electrons. The van der Waals surface area contributed by atoms with Crippen molar-refractivity contribution >= 4 is 46.4 Å². The molecule has 2 aliphatic carbocycles. The van der Waals surface area contributed by atoms with Crippen molar-refractivity contribution in [1.82, 2.24) is 0 Å². The van der Waals surface area contributed by atoms with Crippen molar-refractivity contribution < 1.29 is 4.42 Å². The van der Waals surface area contributed by atoms with Crippen LogP contribution < -0.4 is 15.8 Å². The lowest BCUT2D eigenvalue weighted by Gasteiger charge is -2.50. The van der Waals surface area contributed by atoms with Crippen LogP contribution in [0.4, 0.5) is 17.3 Å². The minimum absolute atomic E-state index is 0.0233. The van der Waals surface area contributed by atoms with Crippen LogP contribution in [0.2, 0.25) is 0 Å². The molecular weight excluding hydrogens is 834 g/mol. The number of hydrogen-bond acceptors (Lipinski definition) is 2. The molecule has 2 nitrogen and oxygen atoms in total. The predicted octanol–water partition coefficient (Wildman–Crippen LogP) is 16.4. The van der Waals surface area contributed by atoms with E-state index in [0.717, 1.165) is 37.3 Å². The molecule has 69 heavy (non-hydrogen) atoms. The third-order valence-electron chi connectivity index (χ3n) is 17.8. The molecule has 0 amide bonds. The van der Waals surface area contributed by atoms with Gasteiger partial charge < -0.3 is 4.42 Å². The van der Waals surface area contributed by atoms with E-state index in [1.54, 1.807) is 11.1 Å². The summed E-state index contributed by atoms with van der Waals surface area (Å²) in [6.07, 6.45) is 4.55. The van der Waals surface area contributed by atoms with Crippen LogP contribution in [0.15, 0.2) is 138 Å². The monoisotopic (exact) mass is 902 g/mol. The standard InChI is InChI=1S/C66H68BNO/c1-39-31-49-46-25-23-43(41-19-15-13-16-20-41)33-47(46)40(2)44-34-53-58(65(10,11)28-27-64(53,8)9)54(35-44)66(12)30-29-63(6,7)51-38-57-50(37-52(51)66)60-61(69-57)68(56(32-39)59(49)67-60)55-26-24-45(62(3,4)5)36-48(55)42-21-17-14-18-22-42/h13-26,31-38,40,67H,27-30H2,1-12H3. The molecule has 0 fully saturated rings. The molecular formula is C66H68BNO. The number of anilines is 3. The first-order valence-electron chi connectivity index (χ1n) is 25.9. The first-order chi connectivity index (χ1) is 32.7. The van der Waals surface area contributed by atoms with Crippen LogP contribution in [-0.4, -0.2) is 7.28 Å². The average Bonchev–Trinajstić information content (AvgIpc) is 3.69. The summed E-state index contributed by atoms with van der Waals surface area (Å²) in [5, 5.41) is 1.25. The Bertz CT molecular complexity index is 3410. The topological polar surface area (TPSA) is 16.4 Å². The van der Waals surface area contributed by atoms with Gasteiger partial charge in [-0.25, -0.2) is 0 Å². The lowest BCUT2D eigenvalue weighted by Crippen LogP contribution is -2.42. The highest BCUT2D eigenvalue weighted by atomic mass is 16.4. The summed E-state index contributed by atoms with van der Waals surface area (Å²) < 4.78 is 7.51. The van der Waals surface area contributed by atoms with Crippen LogP contribution >= 0.6 is 0 Å². The van der Waals surface area contributed by atoms with Crippen LogP contribution in [0.3, 0.4) is 0 Å². The van der Waals surface area contributed by atoms with Crippen molar-refractivity contribution in [3.8, 4) is 33.4 Å². The SMILES string of the molecule is Cc1cc2c3c(c1)N(c1ccc(C(C)(C)C)cc1-c1ccccc1)c1oc4cc5c(cc4c1B3)C(C)(CCC5(C)C)c1cc(cc3c1C(C)(C)CCC3(C)C)C(C)c1cc(-c3ccccc3)ccc1-2. The molecule has 2 unspecified atom stereocenters. The molecule has 2 atom stereocenters. The number of aryl methyl sites for hydroxylation is 1. The third-order valence-corrected chi connectivity index (χ3v) is 17.8. The molecule has 6 bridgehead atoms. The van der Waals surface area contributed by atoms with Gasteiger partial charge in [-0.2, -0.15) is 0 Å². The second-order valence-electron chi connectivity index (χ2n) is 24.8. The molecule has 2 aliphatic heterocycles. The Kier molecular flexibility index (Phi) is 9.59. The Balaban J connectivity index is 1.25. The Labute approximate surface area is 412 Å². The van der Waals surface area contributed by atoms with Crippen LogP contribution in [0.5, 0.6) is 0 Å². The van der Waals surface area contributed by atoms with E-state index in [0.29, 0.717) is 0 Å². The van der Waals surface area contributed by atoms with Crippen molar-refractivity contribution in [2.75, 3.05) is 4.90 Å². The minimum atomic E-state index is -0.218. The highest BCUT2D eigenvalue weighted by molar-refractivity contribution is 6.75. The average molecular weight is 902 g/mol. The van der Waals surface area contributed by atoms with Crippen molar-refractivity contribution in [2.24, 2.45) is 0 Å². The van der Waals surface area contributed by atoms with Crippen LogP contribution in [0, 0.1) is 6.92 Å². The molecule has 7 aromatic carbocycles. The highest BCUT2D eigenvalue weighted by Gasteiger charge is 2.48. The summed E-state index contributed by atoms with van der Waals surface area (Å²) in [7, 11) is 0.777. The second kappa shape index (κ2) is 15.0. The van der Waals surface area contributed by atoms with Gasteiger partial charge in [0.1, 0.15) is 5.58 Å². The van der Waals surface area contributed by atoms with Crippen LogP contribution in [-0.2, 0) is 27.1 Å². The quantitative estimate of drug-likeness (QED) is 0.164. The minimum Gasteiger partial charge on any atom is -0.440 e.